The molecule has 4 aliphatic rings. The first kappa shape index (κ1) is 25.8. The number of carbonyl (C=O) groups is 2. The van der Waals surface area contributed by atoms with Crippen molar-refractivity contribution in [3.05, 3.63) is 41.6 Å². The van der Waals surface area contributed by atoms with Crippen LogP contribution < -0.4 is 15.8 Å². The van der Waals surface area contributed by atoms with E-state index in [0.717, 1.165) is 71.6 Å². The van der Waals surface area contributed by atoms with E-state index in [2.05, 4.69) is 32.7 Å². The molecule has 1 aromatic carbocycles. The van der Waals surface area contributed by atoms with Gasteiger partial charge in [-0.1, -0.05) is 0 Å². The van der Waals surface area contributed by atoms with Crippen molar-refractivity contribution in [3.8, 4) is 17.3 Å². The maximum absolute atomic E-state index is 13.7. The number of likely N-dealkylation sites (tertiary alicyclic amines) is 1. The van der Waals surface area contributed by atoms with Crippen LogP contribution in [0.15, 0.2) is 30.3 Å². The molecule has 8 rings (SSSR count). The van der Waals surface area contributed by atoms with E-state index in [9.17, 15) is 9.59 Å². The van der Waals surface area contributed by atoms with Gasteiger partial charge in [0.25, 0.3) is 5.91 Å². The van der Waals surface area contributed by atoms with Gasteiger partial charge in [-0.05, 0) is 74.3 Å². The van der Waals surface area contributed by atoms with E-state index in [0.29, 0.717) is 36.1 Å². The number of pyridine rings is 1. The van der Waals surface area contributed by atoms with Crippen LogP contribution >= 0.6 is 0 Å². The molecule has 3 unspecified atom stereocenters. The van der Waals surface area contributed by atoms with Crippen LogP contribution in [0.1, 0.15) is 60.5 Å². The quantitative estimate of drug-likeness (QED) is 0.368. The van der Waals surface area contributed by atoms with Crippen molar-refractivity contribution in [3.63, 3.8) is 0 Å². The summed E-state index contributed by atoms with van der Waals surface area (Å²) < 4.78 is 10.2. The highest BCUT2D eigenvalue weighted by Crippen LogP contribution is 2.40. The van der Waals surface area contributed by atoms with Gasteiger partial charge in [0.2, 0.25) is 5.91 Å². The molecular weight excluding hydrogens is 530 g/mol. The third-order valence-electron chi connectivity index (χ3n) is 10.1. The Morgan fingerprint density at radius 3 is 2.69 bits per heavy atom. The summed E-state index contributed by atoms with van der Waals surface area (Å²) >= 11 is 0. The summed E-state index contributed by atoms with van der Waals surface area (Å²) in [6.45, 7) is 2.29. The highest BCUT2D eigenvalue weighted by molar-refractivity contribution is 6.00. The van der Waals surface area contributed by atoms with E-state index in [-0.39, 0.29) is 29.8 Å². The maximum atomic E-state index is 13.7. The number of nitrogens with two attached hydrogens (primary N) is 1. The van der Waals surface area contributed by atoms with Gasteiger partial charge < -0.3 is 29.8 Å². The number of aromatic nitrogens is 4. The monoisotopic (exact) mass is 567 g/mol. The number of methoxy groups -OCH3 is 1. The number of piperidine rings is 2. The molecule has 2 aliphatic heterocycles. The van der Waals surface area contributed by atoms with Gasteiger partial charge in [0.15, 0.2) is 5.82 Å². The molecule has 4 atom stereocenters. The number of fused-ring (bicyclic) bond motifs is 4. The Bertz CT molecular complexity index is 1750. The zero-order valence-electron chi connectivity index (χ0n) is 24.2. The number of nitrogens with one attached hydrogen (secondary N) is 1. The Labute approximate surface area is 244 Å². The van der Waals surface area contributed by atoms with Gasteiger partial charge in [-0.25, -0.2) is 9.97 Å². The van der Waals surface area contributed by atoms with Crippen LogP contribution in [0.4, 0.5) is 0 Å². The smallest absolute Gasteiger partial charge is 0.254 e. The second-order valence-electron chi connectivity index (χ2n) is 12.8. The molecule has 4 aromatic rings. The van der Waals surface area contributed by atoms with Crippen molar-refractivity contribution in [2.75, 3.05) is 20.2 Å². The fourth-order valence-corrected chi connectivity index (χ4v) is 7.60. The fourth-order valence-electron chi connectivity index (χ4n) is 7.60. The normalized spacial score (nSPS) is 25.5. The van der Waals surface area contributed by atoms with Gasteiger partial charge >= 0.3 is 0 Å². The molecule has 2 saturated heterocycles. The van der Waals surface area contributed by atoms with Crippen LogP contribution in [0.25, 0.3) is 33.6 Å². The molecule has 10 heteroatoms. The van der Waals surface area contributed by atoms with Crippen LogP contribution in [0.5, 0.6) is 5.75 Å². The number of amides is 2. The van der Waals surface area contributed by atoms with E-state index < -0.39 is 0 Å². The third kappa shape index (κ3) is 4.02. The molecule has 0 spiro atoms. The van der Waals surface area contributed by atoms with E-state index in [1.54, 1.807) is 7.11 Å². The van der Waals surface area contributed by atoms with Crippen molar-refractivity contribution in [2.24, 2.45) is 24.6 Å². The first-order valence-electron chi connectivity index (χ1n) is 15.3. The first-order chi connectivity index (χ1) is 20.4. The second kappa shape index (κ2) is 9.55. The average molecular weight is 568 g/mol. The number of aryl methyl sites for hydroxylation is 1. The lowest BCUT2D eigenvalue weighted by atomic mass is 9.93. The fraction of sp³-hybridized carbons (Fsp3) is 0.500. The van der Waals surface area contributed by atoms with Crippen LogP contribution in [0.3, 0.4) is 0 Å². The highest BCUT2D eigenvalue weighted by Gasteiger charge is 2.47. The number of hydrogen-bond donors (Lipinski definition) is 2. The molecular formula is C32H37N7O3. The Morgan fingerprint density at radius 1 is 1.12 bits per heavy atom. The predicted octanol–water partition coefficient (Wildman–Crippen LogP) is 3.56. The minimum Gasteiger partial charge on any atom is -0.494 e. The van der Waals surface area contributed by atoms with Gasteiger partial charge in [0, 0.05) is 67.7 Å². The summed E-state index contributed by atoms with van der Waals surface area (Å²) in [5, 5.41) is 3.99. The summed E-state index contributed by atoms with van der Waals surface area (Å²) in [7, 11) is 3.65. The van der Waals surface area contributed by atoms with E-state index in [1.165, 1.54) is 12.8 Å². The Morgan fingerprint density at radius 2 is 1.98 bits per heavy atom. The Balaban J connectivity index is 1.22. The minimum absolute atomic E-state index is 0.000948. The van der Waals surface area contributed by atoms with Crippen molar-refractivity contribution in [2.45, 2.75) is 63.1 Å². The number of rotatable bonds is 6. The van der Waals surface area contributed by atoms with Crippen LogP contribution in [0.2, 0.25) is 0 Å². The molecule has 2 aliphatic carbocycles. The Kier molecular flexibility index (Phi) is 5.86. The lowest BCUT2D eigenvalue weighted by Gasteiger charge is -2.27. The van der Waals surface area contributed by atoms with Crippen LogP contribution in [0, 0.1) is 11.8 Å². The number of imidazole rings is 1. The number of benzene rings is 1. The summed E-state index contributed by atoms with van der Waals surface area (Å²) in [5.74, 6) is 2.69. The summed E-state index contributed by atoms with van der Waals surface area (Å²) in [6.07, 6.45) is 5.88. The molecule has 5 heterocycles. The molecule has 4 fully saturated rings. The van der Waals surface area contributed by atoms with Gasteiger partial charge in [-0.3, -0.25) is 9.59 Å². The van der Waals surface area contributed by atoms with Gasteiger partial charge in [-0.15, -0.1) is 0 Å². The molecule has 10 nitrogen and oxygen atoms in total. The number of nitrogens with zero attached hydrogens (tertiary/aromatic N) is 5. The standard InChI is InChI=1S/C32H37N7O3/c1-37-29-23(11-21(13-26(29)42-2)32(41)39-16-20-6-8-24(39)28(20)33)36-31(37)25-12-19-5-7-22(18-9-10-34-27(40)14-18)35-30(19)38(25)15-17-3-4-17/h5,7,11-13,17-18,20,24,28H,3-4,6,8-10,14-16,33H2,1-2H3,(H,34,40)/t18?,20?,24?,28-/m1/s1. The highest BCUT2D eigenvalue weighted by atomic mass is 16.5. The van der Waals surface area contributed by atoms with E-state index in [4.69, 9.17) is 20.4 Å². The van der Waals surface area contributed by atoms with E-state index >= 15 is 0 Å². The molecule has 0 radical (unpaired) electrons. The molecule has 218 valence electrons. The van der Waals surface area contributed by atoms with Crippen LogP contribution in [-0.4, -0.2) is 68.1 Å². The number of hydrogen-bond acceptors (Lipinski definition) is 6. The molecule has 3 aromatic heterocycles. The largest absolute Gasteiger partial charge is 0.494 e. The van der Waals surface area contributed by atoms with Crippen molar-refractivity contribution < 1.29 is 14.3 Å². The Hall–Kier alpha value is -3.92. The topological polar surface area (TPSA) is 120 Å². The van der Waals surface area contributed by atoms with Crippen molar-refractivity contribution >= 4 is 33.9 Å². The lowest BCUT2D eigenvalue weighted by Crippen LogP contribution is -2.41. The first-order valence-corrected chi connectivity index (χ1v) is 15.3. The summed E-state index contributed by atoms with van der Waals surface area (Å²) in [6, 6.07) is 10.3. The average Bonchev–Trinajstić information content (AvgIpc) is 3.40. The molecule has 42 heavy (non-hydrogen) atoms. The van der Waals surface area contributed by atoms with E-state index in [1.807, 2.05) is 24.1 Å². The van der Waals surface area contributed by atoms with Gasteiger partial charge in [0.1, 0.15) is 16.9 Å². The van der Waals surface area contributed by atoms with Gasteiger partial charge in [0.05, 0.1) is 18.3 Å². The van der Waals surface area contributed by atoms with Crippen molar-refractivity contribution in [1.82, 2.24) is 29.3 Å². The maximum Gasteiger partial charge on any atom is 0.254 e. The van der Waals surface area contributed by atoms with Crippen molar-refractivity contribution in [1.29, 1.82) is 0 Å². The minimum atomic E-state index is 0.000948. The number of carbonyl (C=O) groups excluding carboxylic acids is 2. The van der Waals surface area contributed by atoms with Crippen LogP contribution in [-0.2, 0) is 18.4 Å². The zero-order chi connectivity index (χ0) is 28.7. The summed E-state index contributed by atoms with van der Waals surface area (Å²) in [5.41, 5.74) is 11.5. The van der Waals surface area contributed by atoms with Gasteiger partial charge in [-0.2, -0.15) is 0 Å². The molecule has 2 saturated carbocycles. The molecule has 3 N–H and O–H groups in total. The predicted molar refractivity (Wildman–Crippen MR) is 159 cm³/mol. The third-order valence-corrected chi connectivity index (χ3v) is 10.1. The molecule has 2 bridgehead atoms. The molecule has 2 amide bonds. The second-order valence-corrected chi connectivity index (χ2v) is 12.8. The zero-order valence-corrected chi connectivity index (χ0v) is 24.2. The SMILES string of the molecule is COc1cc(C(=O)N2CC3CCC2[C@@H]3N)cc2nc(-c3cc4ccc(C5CCNC(=O)C5)nc4n3CC3CC3)n(C)c12. The lowest BCUT2D eigenvalue weighted by molar-refractivity contribution is -0.122. The number of ether oxygens (including phenoxy) is 1. The summed E-state index contributed by atoms with van der Waals surface area (Å²) in [4.78, 5) is 38.0.